The summed E-state index contributed by atoms with van der Waals surface area (Å²) in [4.78, 5) is 41.7. The van der Waals surface area contributed by atoms with E-state index >= 15 is 0 Å². The maximum Gasteiger partial charge on any atom is 0.243 e. The van der Waals surface area contributed by atoms with Crippen LogP contribution in [0.2, 0.25) is 0 Å². The second kappa shape index (κ2) is 18.7. The average Bonchev–Trinajstić information content (AvgIpc) is 3.04. The zero-order valence-electron chi connectivity index (χ0n) is 32.6. The van der Waals surface area contributed by atoms with Crippen LogP contribution in [0.4, 0.5) is 0 Å². The first-order valence-electron chi connectivity index (χ1n) is 18.0. The van der Waals surface area contributed by atoms with E-state index in [4.69, 9.17) is 22.6 Å². The average molecular weight is 691 g/mol. The summed E-state index contributed by atoms with van der Waals surface area (Å²) >= 11 is 0. The molecule has 0 heterocycles. The van der Waals surface area contributed by atoms with Gasteiger partial charge in [-0.3, -0.25) is 19.8 Å². The van der Waals surface area contributed by atoms with E-state index in [1.807, 2.05) is 13.8 Å². The van der Waals surface area contributed by atoms with Gasteiger partial charge in [-0.2, -0.15) is 0 Å². The van der Waals surface area contributed by atoms with Gasteiger partial charge in [-0.05, 0) is 80.1 Å². The summed E-state index contributed by atoms with van der Waals surface area (Å²) in [5.74, 6) is -1.43. The summed E-state index contributed by atoms with van der Waals surface area (Å²) in [5, 5.41) is 28.7. The molecule has 0 radical (unpaired) electrons. The van der Waals surface area contributed by atoms with E-state index in [9.17, 15) is 19.5 Å². The van der Waals surface area contributed by atoms with Gasteiger partial charge in [0.1, 0.15) is 74.6 Å². The van der Waals surface area contributed by atoms with E-state index in [0.29, 0.717) is 51.7 Å². The highest BCUT2D eigenvalue weighted by atomic mass is 16.3. The third-order valence-corrected chi connectivity index (χ3v) is 10.5. The molecule has 2 aromatic rings. The number of carbonyl (C=O) groups excluding carboxylic acids is 3. The van der Waals surface area contributed by atoms with E-state index in [-0.39, 0.29) is 24.0 Å². The van der Waals surface area contributed by atoms with Gasteiger partial charge in [0.05, 0.1) is 11.5 Å². The molecular formula is C31H56B8N8O4. The van der Waals surface area contributed by atoms with Gasteiger partial charge in [0.2, 0.25) is 17.7 Å². The number of aromatic hydroxyl groups is 1. The van der Waals surface area contributed by atoms with Crippen LogP contribution in [0.5, 0.6) is 5.75 Å². The summed E-state index contributed by atoms with van der Waals surface area (Å²) in [6, 6.07) is 1.24. The van der Waals surface area contributed by atoms with E-state index in [2.05, 4.69) is 76.2 Å². The maximum absolute atomic E-state index is 14.2. The van der Waals surface area contributed by atoms with Gasteiger partial charge < -0.3 is 43.6 Å². The fourth-order valence-electron chi connectivity index (χ4n) is 6.98. The smallest absolute Gasteiger partial charge is 0.243 e. The van der Waals surface area contributed by atoms with Crippen LogP contribution in [-0.4, -0.2) is 129 Å². The largest absolute Gasteiger partial charge is 0.508 e. The molecule has 0 aliphatic rings. The molecule has 12 nitrogen and oxygen atoms in total. The lowest BCUT2D eigenvalue weighted by molar-refractivity contribution is -0.133. The number of rotatable bonds is 18. The molecule has 0 aliphatic heterocycles. The quantitative estimate of drug-likeness (QED) is 0.0316. The molecule has 3 atom stereocenters. The number of nitrogens with one attached hydrogen (secondary N) is 5. The van der Waals surface area contributed by atoms with Crippen molar-refractivity contribution >= 4 is 114 Å². The third kappa shape index (κ3) is 11.7. The molecule has 0 spiro atoms. The van der Waals surface area contributed by atoms with Gasteiger partial charge in [0, 0.05) is 19.5 Å². The highest BCUT2D eigenvalue weighted by Gasteiger charge is 2.38. The number of carbonyl (C=O) groups is 3. The highest BCUT2D eigenvalue weighted by Crippen LogP contribution is 2.23. The highest BCUT2D eigenvalue weighted by molar-refractivity contribution is 6.68. The number of unbranched alkanes of at least 4 members (excludes halogenated alkanes) is 1. The van der Waals surface area contributed by atoms with Crippen molar-refractivity contribution in [3.05, 3.63) is 34.4 Å². The van der Waals surface area contributed by atoms with Crippen LogP contribution >= 0.6 is 0 Å². The first-order valence-corrected chi connectivity index (χ1v) is 18.0. The minimum absolute atomic E-state index is 0.105. The molecule has 2 aromatic carbocycles. The van der Waals surface area contributed by atoms with Crippen molar-refractivity contribution in [2.45, 2.75) is 75.1 Å². The van der Waals surface area contributed by atoms with Gasteiger partial charge in [-0.15, -0.1) is 16.4 Å². The molecule has 0 saturated carbocycles. The number of amides is 3. The van der Waals surface area contributed by atoms with Crippen LogP contribution in [0.3, 0.4) is 0 Å². The molecule has 268 valence electrons. The number of guanidine groups is 1. The van der Waals surface area contributed by atoms with E-state index in [1.165, 1.54) is 32.9 Å². The molecule has 0 aliphatic carbocycles. The van der Waals surface area contributed by atoms with Crippen molar-refractivity contribution in [3.8, 4) is 5.75 Å². The zero-order valence-corrected chi connectivity index (χ0v) is 32.6. The van der Waals surface area contributed by atoms with Crippen LogP contribution in [0.25, 0.3) is 0 Å². The summed E-state index contributed by atoms with van der Waals surface area (Å²) in [6.07, 6.45) is 2.51. The van der Waals surface area contributed by atoms with Crippen molar-refractivity contribution < 1.29 is 19.5 Å². The van der Waals surface area contributed by atoms with Crippen molar-refractivity contribution in [1.29, 1.82) is 5.41 Å². The SMILES string of the molecule is Bc1c(B)c(B)c(C(B)(B)CNC(=O)[C@](B)(CCCCN)NC(=O)[C@H](Cc2c(C)cc(O)cc2C)NC(=O)[C@H](N)CCCNC(=N)N)c(B)c1B. The summed E-state index contributed by atoms with van der Waals surface area (Å²) in [5.41, 5.74) is 25.8. The summed E-state index contributed by atoms with van der Waals surface area (Å²) in [6.45, 7) is 4.83. The number of aryl methyl sites for hydroxylation is 2. The Morgan fingerprint density at radius 1 is 0.882 bits per heavy atom. The lowest BCUT2D eigenvalue weighted by atomic mass is 9.45. The van der Waals surface area contributed by atoms with Gasteiger partial charge in [0.15, 0.2) is 5.96 Å². The predicted molar refractivity (Wildman–Crippen MR) is 232 cm³/mol. The first-order chi connectivity index (χ1) is 23.7. The summed E-state index contributed by atoms with van der Waals surface area (Å²) < 4.78 is 0. The maximum atomic E-state index is 14.2. The Morgan fingerprint density at radius 2 is 1.43 bits per heavy atom. The van der Waals surface area contributed by atoms with Gasteiger partial charge in [-0.1, -0.05) is 22.9 Å². The Balaban J connectivity index is 2.41. The zero-order chi connectivity index (χ0) is 38.8. The van der Waals surface area contributed by atoms with Crippen molar-refractivity contribution in [2.75, 3.05) is 19.6 Å². The van der Waals surface area contributed by atoms with Crippen LogP contribution in [-0.2, 0) is 26.0 Å². The standard InChI is InChI=1S/C31H56B8N8O4/c1-14-10-16(48)11-15(2)17(14)12-19(46-26(49)18(41)6-5-9-44-29(42)43)27(50)47-31(39,7-3-4-8-40)28(51)45-13-30(37,38)20-21(32)23(34)25(36)24(35)22(20)33/h10-11,18-19,48H,3-9,12-13,32-41H2,1-2H3,(H,45,51)(H,46,49)(H,47,50)(H4,42,43,44)/t18-,19+,31+/m1/s1. The lowest BCUT2D eigenvalue weighted by Gasteiger charge is -2.36. The van der Waals surface area contributed by atoms with Crippen LogP contribution in [0.15, 0.2) is 12.1 Å². The number of hydrogen-bond donors (Lipinski definition) is 9. The molecule has 0 bridgehead atoms. The molecule has 0 fully saturated rings. The molecule has 20 heteroatoms. The Labute approximate surface area is 311 Å². The van der Waals surface area contributed by atoms with Crippen LogP contribution in [0.1, 0.15) is 54.4 Å². The predicted octanol–water partition coefficient (Wildman–Crippen LogP) is -11.3. The Hall–Kier alpha value is -3.64. The minimum Gasteiger partial charge on any atom is -0.508 e. The van der Waals surface area contributed by atoms with Gasteiger partial charge >= 0.3 is 0 Å². The molecule has 0 aromatic heterocycles. The minimum atomic E-state index is -1.31. The summed E-state index contributed by atoms with van der Waals surface area (Å²) in [7, 11) is 16.6. The monoisotopic (exact) mass is 693 g/mol. The van der Waals surface area contributed by atoms with Crippen LogP contribution in [0, 0.1) is 19.3 Å². The Bertz CT molecular complexity index is 1560. The fourth-order valence-corrected chi connectivity index (χ4v) is 6.98. The number of phenols is 1. The van der Waals surface area contributed by atoms with Crippen molar-refractivity contribution in [3.63, 3.8) is 0 Å². The number of phenolic OH excluding ortho intramolecular Hbond substituents is 1. The lowest BCUT2D eigenvalue weighted by Crippen LogP contribution is -2.65. The van der Waals surface area contributed by atoms with E-state index < -0.39 is 34.6 Å². The molecule has 2 rings (SSSR count). The Morgan fingerprint density at radius 3 is 1.96 bits per heavy atom. The normalized spacial score (nSPS) is 13.7. The molecule has 3 amide bonds. The molecule has 0 unspecified atom stereocenters. The topological polar surface area (TPSA) is 221 Å². The van der Waals surface area contributed by atoms with Crippen molar-refractivity contribution in [1.82, 2.24) is 21.3 Å². The third-order valence-electron chi connectivity index (χ3n) is 10.5. The molecular weight excluding hydrogens is 635 g/mol. The molecule has 51 heavy (non-hydrogen) atoms. The van der Waals surface area contributed by atoms with Crippen molar-refractivity contribution in [2.24, 2.45) is 17.2 Å². The van der Waals surface area contributed by atoms with E-state index in [0.717, 1.165) is 16.7 Å². The molecule has 0 saturated heterocycles. The number of benzene rings is 2. The first kappa shape index (κ1) is 43.5. The molecule has 12 N–H and O–H groups in total. The number of hydrogen-bond acceptors (Lipinski definition) is 7. The number of nitrogens with two attached hydrogens (primary N) is 3. The second-order valence-electron chi connectivity index (χ2n) is 15.0. The van der Waals surface area contributed by atoms with E-state index in [1.54, 1.807) is 20.0 Å². The van der Waals surface area contributed by atoms with Gasteiger partial charge in [0.25, 0.3) is 0 Å². The van der Waals surface area contributed by atoms with Gasteiger partial charge in [-0.25, -0.2) is 0 Å². The second-order valence-corrected chi connectivity index (χ2v) is 15.0. The Kier molecular flexibility index (Phi) is 16.0. The fraction of sp³-hybridized carbons (Fsp3) is 0.484. The van der Waals surface area contributed by atoms with Crippen LogP contribution < -0.4 is 65.8 Å².